The fourth-order valence-corrected chi connectivity index (χ4v) is 2.13. The Morgan fingerprint density at radius 3 is 2.41 bits per heavy atom. The lowest BCUT2D eigenvalue weighted by molar-refractivity contribution is -0.274. The van der Waals surface area contributed by atoms with Crippen molar-refractivity contribution in [1.82, 2.24) is 5.32 Å². The van der Waals surface area contributed by atoms with Crippen LogP contribution in [0.1, 0.15) is 17.3 Å². The van der Waals surface area contributed by atoms with E-state index < -0.39 is 18.0 Å². The van der Waals surface area contributed by atoms with Gasteiger partial charge in [-0.3, -0.25) is 9.59 Å². The molecule has 0 saturated carbocycles. The van der Waals surface area contributed by atoms with Gasteiger partial charge in [-0.2, -0.15) is 0 Å². The van der Waals surface area contributed by atoms with Crippen molar-refractivity contribution >= 4 is 17.5 Å². The first-order valence-corrected chi connectivity index (χ1v) is 8.33. The average molecular weight is 406 g/mol. The lowest BCUT2D eigenvalue weighted by atomic mass is 10.2. The Morgan fingerprint density at radius 2 is 1.76 bits per heavy atom. The number of halogens is 3. The van der Waals surface area contributed by atoms with Crippen molar-refractivity contribution in [3.05, 3.63) is 54.1 Å². The fraction of sp³-hybridized carbons (Fsp3) is 0.200. The highest BCUT2D eigenvalue weighted by atomic mass is 19.4. The summed E-state index contributed by atoms with van der Waals surface area (Å²) in [5.41, 5.74) is 0.772. The van der Waals surface area contributed by atoms with Crippen LogP contribution in [-0.4, -0.2) is 31.3 Å². The molecule has 0 atom stereocenters. The van der Waals surface area contributed by atoms with Crippen LogP contribution in [0.4, 0.5) is 18.9 Å². The number of ether oxygens (including phenoxy) is 2. The van der Waals surface area contributed by atoms with Crippen LogP contribution >= 0.6 is 0 Å². The zero-order chi connectivity index (χ0) is 21.3. The van der Waals surface area contributed by atoms with Crippen molar-refractivity contribution in [2.75, 3.05) is 18.5 Å². The molecule has 0 unspecified atom stereocenters. The number of carbonyl (C=O) groups is 2. The summed E-state index contributed by atoms with van der Waals surface area (Å²) in [5, 5.41) is 5.15. The minimum atomic E-state index is -4.79. The van der Waals surface area contributed by atoms with Crippen LogP contribution in [0.15, 0.2) is 48.5 Å². The van der Waals surface area contributed by atoms with Crippen molar-refractivity contribution in [3.63, 3.8) is 0 Å². The van der Waals surface area contributed by atoms with Gasteiger partial charge in [-0.25, -0.2) is 0 Å². The van der Waals surface area contributed by atoms with Crippen molar-refractivity contribution in [2.45, 2.75) is 13.3 Å². The van der Waals surface area contributed by atoms with Gasteiger partial charge in [-0.15, -0.1) is 13.2 Å². The van der Waals surface area contributed by atoms with Gasteiger partial charge in [0.2, 0.25) is 5.91 Å². The van der Waals surface area contributed by atoms with Crippen LogP contribution in [0.5, 0.6) is 11.5 Å². The highest BCUT2D eigenvalue weighted by Crippen LogP contribution is 2.22. The molecule has 2 aromatic carbocycles. The molecule has 2 aromatic rings. The third-order valence-electron chi connectivity index (χ3n) is 3.28. The highest BCUT2D eigenvalue weighted by Gasteiger charge is 2.31. The predicted octanol–water partition coefficient (Wildman–Crippen LogP) is 3.36. The van der Waals surface area contributed by atoms with E-state index in [4.69, 9.17) is 4.74 Å². The van der Waals surface area contributed by atoms with Gasteiger partial charge in [-0.1, -0.05) is 17.9 Å². The lowest BCUT2D eigenvalue weighted by Gasteiger charge is -2.09. The van der Waals surface area contributed by atoms with Gasteiger partial charge in [-0.05, 0) is 36.4 Å². The van der Waals surface area contributed by atoms with E-state index in [1.807, 2.05) is 0 Å². The molecule has 0 aromatic heterocycles. The topological polar surface area (TPSA) is 76.7 Å². The summed E-state index contributed by atoms with van der Waals surface area (Å²) in [6.45, 7) is 1.51. The second-order valence-electron chi connectivity index (χ2n) is 5.61. The van der Waals surface area contributed by atoms with Gasteiger partial charge >= 0.3 is 6.36 Å². The van der Waals surface area contributed by atoms with Crippen molar-refractivity contribution in [2.24, 2.45) is 0 Å². The number of benzene rings is 2. The maximum Gasteiger partial charge on any atom is 0.573 e. The van der Waals surface area contributed by atoms with E-state index in [1.54, 1.807) is 24.3 Å². The molecule has 0 bridgehead atoms. The molecule has 0 saturated heterocycles. The van der Waals surface area contributed by atoms with E-state index in [0.717, 1.165) is 12.1 Å². The Labute approximate surface area is 165 Å². The molecule has 6 nitrogen and oxygen atoms in total. The third-order valence-corrected chi connectivity index (χ3v) is 3.28. The summed E-state index contributed by atoms with van der Waals surface area (Å²) in [7, 11) is 0. The first-order chi connectivity index (χ1) is 13.7. The first-order valence-electron chi connectivity index (χ1n) is 8.33. The molecule has 2 rings (SSSR count). The van der Waals surface area contributed by atoms with E-state index >= 15 is 0 Å². The van der Waals surface area contributed by atoms with Crippen LogP contribution in [0.2, 0.25) is 0 Å². The molecule has 0 aliphatic heterocycles. The van der Waals surface area contributed by atoms with Gasteiger partial charge in [0.1, 0.15) is 18.1 Å². The third kappa shape index (κ3) is 8.26. The molecular formula is C20H17F3N2O4. The molecule has 2 amide bonds. The Hall–Kier alpha value is -3.67. The summed E-state index contributed by atoms with van der Waals surface area (Å²) in [5.74, 6) is 4.85. The zero-order valence-corrected chi connectivity index (χ0v) is 15.3. The quantitative estimate of drug-likeness (QED) is 0.722. The normalized spacial score (nSPS) is 10.3. The number of anilines is 1. The number of hydrogen-bond acceptors (Lipinski definition) is 4. The van der Waals surface area contributed by atoms with E-state index in [9.17, 15) is 22.8 Å². The monoisotopic (exact) mass is 406 g/mol. The van der Waals surface area contributed by atoms with Gasteiger partial charge in [0, 0.05) is 24.2 Å². The molecule has 9 heteroatoms. The van der Waals surface area contributed by atoms with Crippen LogP contribution < -0.4 is 20.1 Å². The molecule has 2 N–H and O–H groups in total. The van der Waals surface area contributed by atoms with Crippen LogP contribution in [0.3, 0.4) is 0 Å². The fourth-order valence-electron chi connectivity index (χ4n) is 2.13. The number of nitrogens with one attached hydrogen (secondary N) is 2. The largest absolute Gasteiger partial charge is 0.573 e. The maximum atomic E-state index is 12.1. The number of hydrogen-bond donors (Lipinski definition) is 2. The maximum absolute atomic E-state index is 12.1. The Morgan fingerprint density at radius 1 is 1.03 bits per heavy atom. The Balaban J connectivity index is 1.76. The summed E-state index contributed by atoms with van der Waals surface area (Å²) in [4.78, 5) is 22.9. The first kappa shape index (κ1) is 21.6. The van der Waals surface area contributed by atoms with Crippen molar-refractivity contribution in [1.29, 1.82) is 0 Å². The number of rotatable bonds is 6. The smallest absolute Gasteiger partial charge is 0.481 e. The highest BCUT2D eigenvalue weighted by molar-refractivity contribution is 5.94. The van der Waals surface area contributed by atoms with E-state index in [0.29, 0.717) is 11.4 Å². The summed E-state index contributed by atoms with van der Waals surface area (Å²) in [6.07, 6.45) is -4.79. The number of carbonyl (C=O) groups excluding carboxylic acids is 2. The van der Waals surface area contributed by atoms with E-state index in [-0.39, 0.29) is 24.6 Å². The van der Waals surface area contributed by atoms with Crippen molar-refractivity contribution < 1.29 is 32.2 Å². The molecule has 0 aliphatic rings. The Kier molecular flexibility index (Phi) is 7.48. The SMILES string of the molecule is CC(=O)Nc1cccc(OCC#CCNC(=O)c2ccc(OC(F)(F)F)cc2)c1. The molecule has 0 aliphatic carbocycles. The molecule has 0 heterocycles. The van der Waals surface area contributed by atoms with Crippen LogP contribution in [0, 0.1) is 11.8 Å². The standard InChI is InChI=1S/C20H17F3N2O4/c1-14(26)25-16-5-4-6-18(13-16)28-12-3-2-11-24-19(27)15-7-9-17(10-8-15)29-20(21,22)23/h4-10,13H,11-12H2,1H3,(H,24,27)(H,25,26). The second kappa shape index (κ2) is 10.0. The van der Waals surface area contributed by atoms with Gasteiger partial charge in [0.25, 0.3) is 5.91 Å². The molecular weight excluding hydrogens is 389 g/mol. The summed E-state index contributed by atoms with van der Waals surface area (Å²) in [6, 6.07) is 11.3. The van der Waals surface area contributed by atoms with Crippen LogP contribution in [0.25, 0.3) is 0 Å². The molecule has 152 valence electrons. The minimum Gasteiger partial charge on any atom is -0.481 e. The average Bonchev–Trinajstić information content (AvgIpc) is 2.63. The molecule has 0 radical (unpaired) electrons. The Bertz CT molecular complexity index is 916. The zero-order valence-electron chi connectivity index (χ0n) is 15.3. The van der Waals surface area contributed by atoms with Crippen LogP contribution in [-0.2, 0) is 4.79 Å². The van der Waals surface area contributed by atoms with Gasteiger partial charge in [0.05, 0.1) is 6.54 Å². The summed E-state index contributed by atoms with van der Waals surface area (Å²) >= 11 is 0. The predicted molar refractivity (Wildman–Crippen MR) is 99.5 cm³/mol. The lowest BCUT2D eigenvalue weighted by Crippen LogP contribution is -2.23. The number of alkyl halides is 3. The summed E-state index contributed by atoms with van der Waals surface area (Å²) < 4.78 is 45.5. The van der Waals surface area contributed by atoms with Gasteiger partial charge in [0.15, 0.2) is 0 Å². The molecule has 0 fully saturated rings. The van der Waals surface area contributed by atoms with Crippen molar-refractivity contribution in [3.8, 4) is 23.3 Å². The second-order valence-corrected chi connectivity index (χ2v) is 5.61. The van der Waals surface area contributed by atoms with E-state index in [1.165, 1.54) is 19.1 Å². The molecule has 0 spiro atoms. The van der Waals surface area contributed by atoms with E-state index in [2.05, 4.69) is 27.2 Å². The van der Waals surface area contributed by atoms with Gasteiger partial charge < -0.3 is 20.1 Å². The molecule has 29 heavy (non-hydrogen) atoms. The number of amides is 2. The minimum absolute atomic E-state index is 0.0366.